The van der Waals surface area contributed by atoms with Crippen LogP contribution in [0.2, 0.25) is 0 Å². The number of phenols is 3. The molecule has 0 radical (unpaired) electrons. The molecule has 26 heavy (non-hydrogen) atoms. The van der Waals surface area contributed by atoms with Crippen LogP contribution in [0.4, 0.5) is 0 Å². The highest BCUT2D eigenvalue weighted by atomic mass is 16.5. The molecule has 0 aromatic heterocycles. The molecule has 0 saturated heterocycles. The maximum atomic E-state index is 10.5. The first kappa shape index (κ1) is 18.0. The normalized spacial score (nSPS) is 16.5. The minimum absolute atomic E-state index is 0.0622. The van der Waals surface area contributed by atoms with E-state index in [1.54, 1.807) is 18.2 Å². The molecule has 0 fully saturated rings. The lowest BCUT2D eigenvalue weighted by Gasteiger charge is -2.30. The zero-order valence-electron chi connectivity index (χ0n) is 15.2. The van der Waals surface area contributed by atoms with Gasteiger partial charge in [0, 0.05) is 28.5 Å². The molecular weight excluding hydrogens is 332 g/mol. The van der Waals surface area contributed by atoms with Crippen molar-refractivity contribution in [2.75, 3.05) is 13.7 Å². The second-order valence-electron chi connectivity index (χ2n) is 7.17. The molecule has 2 aromatic carbocycles. The number of hydrogen-bond acceptors (Lipinski definition) is 5. The van der Waals surface area contributed by atoms with E-state index in [9.17, 15) is 15.3 Å². The Labute approximate surface area is 153 Å². The molecule has 1 unspecified atom stereocenters. The van der Waals surface area contributed by atoms with E-state index in [1.165, 1.54) is 7.11 Å². The Balaban J connectivity index is 2.10. The molecule has 0 bridgehead atoms. The quantitative estimate of drug-likeness (QED) is 0.570. The van der Waals surface area contributed by atoms with Crippen LogP contribution < -0.4 is 9.47 Å². The second-order valence-corrected chi connectivity index (χ2v) is 7.17. The third kappa shape index (κ3) is 2.94. The van der Waals surface area contributed by atoms with Crippen LogP contribution >= 0.6 is 0 Å². The fraction of sp³-hybridized carbons (Fsp3) is 0.333. The highest BCUT2D eigenvalue weighted by Gasteiger charge is 2.31. The van der Waals surface area contributed by atoms with Crippen LogP contribution in [0.3, 0.4) is 0 Å². The van der Waals surface area contributed by atoms with Crippen LogP contribution in [-0.4, -0.2) is 29.0 Å². The van der Waals surface area contributed by atoms with Gasteiger partial charge in [-0.3, -0.25) is 0 Å². The molecule has 5 heteroatoms. The number of benzene rings is 2. The molecule has 0 saturated carbocycles. The molecule has 1 aliphatic rings. The van der Waals surface area contributed by atoms with Crippen LogP contribution in [0.1, 0.15) is 36.5 Å². The lowest BCUT2D eigenvalue weighted by Crippen LogP contribution is -2.21. The summed E-state index contributed by atoms with van der Waals surface area (Å²) < 4.78 is 11.2. The fourth-order valence-electron chi connectivity index (χ4n) is 3.34. The first-order valence-corrected chi connectivity index (χ1v) is 8.50. The summed E-state index contributed by atoms with van der Waals surface area (Å²) in [5.74, 6) is 0.547. The summed E-state index contributed by atoms with van der Waals surface area (Å²) in [6, 6.07) is 6.92. The van der Waals surface area contributed by atoms with Crippen LogP contribution in [0.5, 0.6) is 28.7 Å². The molecule has 1 heterocycles. The topological polar surface area (TPSA) is 79.2 Å². The van der Waals surface area contributed by atoms with E-state index in [0.717, 1.165) is 11.1 Å². The summed E-state index contributed by atoms with van der Waals surface area (Å²) in [5, 5.41) is 30.6. The zero-order valence-corrected chi connectivity index (χ0v) is 15.2. The predicted octanol–water partition coefficient (Wildman–Crippen LogP) is 3.99. The van der Waals surface area contributed by atoms with Crippen molar-refractivity contribution in [1.29, 1.82) is 0 Å². The molecule has 3 rings (SSSR count). The lowest BCUT2D eigenvalue weighted by atomic mass is 9.80. The Hall–Kier alpha value is -2.82. The van der Waals surface area contributed by atoms with Gasteiger partial charge in [-0.1, -0.05) is 26.0 Å². The van der Waals surface area contributed by atoms with E-state index < -0.39 is 5.41 Å². The monoisotopic (exact) mass is 356 g/mol. The van der Waals surface area contributed by atoms with Crippen molar-refractivity contribution in [3.05, 3.63) is 53.6 Å². The SMILES string of the molecule is C=CC(C)(C)c1cc(C2COc3cc(O)ccc3C2)c(OC)c(O)c1O. The smallest absolute Gasteiger partial charge is 0.201 e. The molecule has 138 valence electrons. The van der Waals surface area contributed by atoms with Crippen molar-refractivity contribution in [3.8, 4) is 28.7 Å². The first-order valence-electron chi connectivity index (χ1n) is 8.50. The molecular formula is C21H24O5. The molecule has 0 amide bonds. The Bertz CT molecular complexity index is 854. The standard InChI is InChI=1S/C21H24O5/c1-5-21(2,3)16-10-15(20(25-4)19(24)18(16)23)13-8-12-6-7-14(22)9-17(12)26-11-13/h5-7,9-10,13,22-24H,1,8,11H2,2-4H3. The number of rotatable bonds is 4. The van der Waals surface area contributed by atoms with Gasteiger partial charge in [-0.05, 0) is 24.1 Å². The highest BCUT2D eigenvalue weighted by molar-refractivity contribution is 5.62. The van der Waals surface area contributed by atoms with E-state index >= 15 is 0 Å². The van der Waals surface area contributed by atoms with Gasteiger partial charge in [-0.2, -0.15) is 0 Å². The molecule has 2 aromatic rings. The number of phenolic OH excluding ortho intramolecular Hbond substituents is 3. The number of ether oxygens (including phenoxy) is 2. The molecule has 1 atom stereocenters. The Morgan fingerprint density at radius 1 is 1.19 bits per heavy atom. The van der Waals surface area contributed by atoms with Gasteiger partial charge in [0.05, 0.1) is 13.7 Å². The minimum atomic E-state index is -0.526. The average molecular weight is 356 g/mol. The Morgan fingerprint density at radius 3 is 2.58 bits per heavy atom. The summed E-state index contributed by atoms with van der Waals surface area (Å²) >= 11 is 0. The van der Waals surface area contributed by atoms with Crippen molar-refractivity contribution >= 4 is 0 Å². The number of allylic oxidation sites excluding steroid dienone is 1. The number of methoxy groups -OCH3 is 1. The van der Waals surface area contributed by atoms with Crippen LogP contribution in [0.15, 0.2) is 36.9 Å². The van der Waals surface area contributed by atoms with Gasteiger partial charge < -0.3 is 24.8 Å². The van der Waals surface area contributed by atoms with E-state index in [2.05, 4.69) is 6.58 Å². The van der Waals surface area contributed by atoms with E-state index in [4.69, 9.17) is 9.47 Å². The number of aromatic hydroxyl groups is 3. The Morgan fingerprint density at radius 2 is 1.92 bits per heavy atom. The minimum Gasteiger partial charge on any atom is -0.508 e. The van der Waals surface area contributed by atoms with Gasteiger partial charge in [-0.25, -0.2) is 0 Å². The van der Waals surface area contributed by atoms with Crippen molar-refractivity contribution in [2.45, 2.75) is 31.6 Å². The van der Waals surface area contributed by atoms with Crippen LogP contribution in [0.25, 0.3) is 0 Å². The highest BCUT2D eigenvalue weighted by Crippen LogP contribution is 2.49. The van der Waals surface area contributed by atoms with Gasteiger partial charge in [0.1, 0.15) is 11.5 Å². The van der Waals surface area contributed by atoms with Crippen molar-refractivity contribution < 1.29 is 24.8 Å². The summed E-state index contributed by atoms with van der Waals surface area (Å²) in [7, 11) is 1.46. The van der Waals surface area contributed by atoms with Gasteiger partial charge >= 0.3 is 0 Å². The lowest BCUT2D eigenvalue weighted by molar-refractivity contribution is 0.255. The van der Waals surface area contributed by atoms with Crippen molar-refractivity contribution in [1.82, 2.24) is 0 Å². The summed E-state index contributed by atoms with van der Waals surface area (Å²) in [5.41, 5.74) is 1.80. The zero-order chi connectivity index (χ0) is 19.1. The molecule has 3 N–H and O–H groups in total. The van der Waals surface area contributed by atoms with Crippen molar-refractivity contribution in [2.24, 2.45) is 0 Å². The molecule has 0 spiro atoms. The van der Waals surface area contributed by atoms with Crippen LogP contribution in [-0.2, 0) is 11.8 Å². The van der Waals surface area contributed by atoms with Crippen molar-refractivity contribution in [3.63, 3.8) is 0 Å². The predicted molar refractivity (Wildman–Crippen MR) is 99.6 cm³/mol. The van der Waals surface area contributed by atoms with E-state index in [0.29, 0.717) is 24.3 Å². The molecule has 0 aliphatic carbocycles. The maximum absolute atomic E-state index is 10.5. The maximum Gasteiger partial charge on any atom is 0.201 e. The van der Waals surface area contributed by atoms with E-state index in [1.807, 2.05) is 26.0 Å². The third-order valence-corrected chi connectivity index (χ3v) is 5.06. The van der Waals surface area contributed by atoms with Gasteiger partial charge in [0.25, 0.3) is 0 Å². The average Bonchev–Trinajstić information content (AvgIpc) is 2.63. The van der Waals surface area contributed by atoms with Crippen LogP contribution in [0, 0.1) is 0 Å². The number of fused-ring (bicyclic) bond motifs is 1. The van der Waals surface area contributed by atoms with E-state index in [-0.39, 0.29) is 28.9 Å². The van der Waals surface area contributed by atoms with Gasteiger partial charge in [-0.15, -0.1) is 6.58 Å². The largest absolute Gasteiger partial charge is 0.508 e. The first-order chi connectivity index (χ1) is 12.3. The summed E-state index contributed by atoms with van der Waals surface area (Å²) in [6.07, 6.45) is 2.40. The second kappa shape index (κ2) is 6.48. The molecule has 5 nitrogen and oxygen atoms in total. The summed E-state index contributed by atoms with van der Waals surface area (Å²) in [4.78, 5) is 0. The third-order valence-electron chi connectivity index (χ3n) is 5.06. The summed E-state index contributed by atoms with van der Waals surface area (Å²) in [6.45, 7) is 8.04. The Kier molecular flexibility index (Phi) is 4.48. The fourth-order valence-corrected chi connectivity index (χ4v) is 3.34. The molecule has 1 aliphatic heterocycles. The number of hydrogen-bond donors (Lipinski definition) is 3. The van der Waals surface area contributed by atoms with Gasteiger partial charge in [0.15, 0.2) is 11.5 Å². The van der Waals surface area contributed by atoms with Gasteiger partial charge in [0.2, 0.25) is 5.75 Å².